The molecule has 0 fully saturated rings. The summed E-state index contributed by atoms with van der Waals surface area (Å²) in [7, 11) is 1.62. The second-order valence-electron chi connectivity index (χ2n) is 6.23. The van der Waals surface area contributed by atoms with Crippen LogP contribution in [0.2, 0.25) is 0 Å². The van der Waals surface area contributed by atoms with Gasteiger partial charge in [-0.1, -0.05) is 26.0 Å². The van der Waals surface area contributed by atoms with E-state index >= 15 is 0 Å². The second-order valence-corrected chi connectivity index (χ2v) is 6.23. The van der Waals surface area contributed by atoms with Crippen LogP contribution >= 0.6 is 0 Å². The van der Waals surface area contributed by atoms with Gasteiger partial charge in [0.05, 0.1) is 26.4 Å². The van der Waals surface area contributed by atoms with Crippen LogP contribution in [-0.4, -0.2) is 51.0 Å². The maximum atomic E-state index is 10.3. The quantitative estimate of drug-likeness (QED) is 0.324. The summed E-state index contributed by atoms with van der Waals surface area (Å²) in [5, 5.41) is 16.7. The van der Waals surface area contributed by atoms with Gasteiger partial charge in [-0.05, 0) is 37.0 Å². The van der Waals surface area contributed by atoms with Crippen LogP contribution in [0.1, 0.15) is 38.9 Å². The van der Waals surface area contributed by atoms with Gasteiger partial charge < -0.3 is 25.2 Å². The number of ether oxygens (including phenoxy) is 2. The Balaban J connectivity index is 2.39. The maximum Gasteiger partial charge on any atom is 0.191 e. The summed E-state index contributed by atoms with van der Waals surface area (Å²) in [4.78, 5) is 4.44. The molecule has 0 aliphatic heterocycles. The predicted octanol–water partition coefficient (Wildman–Crippen LogP) is 2.35. The molecule has 0 radical (unpaired) electrons. The Kier molecular flexibility index (Phi) is 10.7. The Morgan fingerprint density at radius 3 is 2.48 bits per heavy atom. The van der Waals surface area contributed by atoms with E-state index in [0.717, 1.165) is 30.9 Å². The molecule has 6 heteroatoms. The molecule has 0 amide bonds. The Labute approximate surface area is 151 Å². The average Bonchev–Trinajstić information content (AvgIpc) is 2.62. The molecule has 0 spiro atoms. The summed E-state index contributed by atoms with van der Waals surface area (Å²) in [6.45, 7) is 9.53. The fourth-order valence-electron chi connectivity index (χ4n) is 2.11. The Bertz CT molecular complexity index is 489. The molecule has 0 bridgehead atoms. The zero-order chi connectivity index (χ0) is 18.5. The average molecular weight is 351 g/mol. The minimum Gasteiger partial charge on any atom is -0.497 e. The number of aliphatic hydroxyl groups excluding tert-OH is 1. The summed E-state index contributed by atoms with van der Waals surface area (Å²) in [5.74, 6) is 2.11. The molecule has 142 valence electrons. The number of nitrogens with zero attached hydrogens (tertiary/aromatic N) is 1. The highest BCUT2D eigenvalue weighted by Gasteiger charge is 2.07. The Hall–Kier alpha value is -1.79. The molecule has 0 heterocycles. The third-order valence-electron chi connectivity index (χ3n) is 3.65. The molecular weight excluding hydrogens is 318 g/mol. The van der Waals surface area contributed by atoms with Gasteiger partial charge in [0.1, 0.15) is 5.75 Å². The molecule has 6 nitrogen and oxygen atoms in total. The largest absolute Gasteiger partial charge is 0.497 e. The van der Waals surface area contributed by atoms with Crippen molar-refractivity contribution in [2.45, 2.75) is 33.3 Å². The first-order chi connectivity index (χ1) is 12.1. The van der Waals surface area contributed by atoms with Gasteiger partial charge in [0.15, 0.2) is 5.96 Å². The lowest BCUT2D eigenvalue weighted by Gasteiger charge is -2.14. The summed E-state index contributed by atoms with van der Waals surface area (Å²) in [6.07, 6.45) is 0.422. The molecule has 1 aromatic rings. The van der Waals surface area contributed by atoms with E-state index in [4.69, 9.17) is 9.47 Å². The zero-order valence-corrected chi connectivity index (χ0v) is 15.9. The minimum atomic E-state index is -0.649. The van der Waals surface area contributed by atoms with Gasteiger partial charge in [-0.15, -0.1) is 0 Å². The lowest BCUT2D eigenvalue weighted by Crippen LogP contribution is -2.39. The van der Waals surface area contributed by atoms with Crippen molar-refractivity contribution < 1.29 is 14.6 Å². The van der Waals surface area contributed by atoms with Crippen LogP contribution in [0, 0.1) is 5.92 Å². The maximum absolute atomic E-state index is 10.3. The molecule has 3 N–H and O–H groups in total. The van der Waals surface area contributed by atoms with E-state index in [1.807, 2.05) is 31.2 Å². The van der Waals surface area contributed by atoms with Gasteiger partial charge in [-0.25, -0.2) is 0 Å². The van der Waals surface area contributed by atoms with E-state index in [1.165, 1.54) is 0 Å². The molecule has 1 aromatic carbocycles. The van der Waals surface area contributed by atoms with Gasteiger partial charge in [0.2, 0.25) is 0 Å². The number of benzene rings is 1. The summed E-state index contributed by atoms with van der Waals surface area (Å²) >= 11 is 0. The summed E-state index contributed by atoms with van der Waals surface area (Å²) in [5.41, 5.74) is 0.817. The third kappa shape index (κ3) is 9.31. The van der Waals surface area contributed by atoms with Gasteiger partial charge in [-0.3, -0.25) is 4.99 Å². The van der Waals surface area contributed by atoms with Crippen LogP contribution in [0.15, 0.2) is 29.3 Å². The lowest BCUT2D eigenvalue weighted by molar-refractivity contribution is 0.128. The van der Waals surface area contributed by atoms with Crippen LogP contribution in [0.3, 0.4) is 0 Å². The van der Waals surface area contributed by atoms with Crippen molar-refractivity contribution in [2.75, 3.05) is 40.0 Å². The van der Waals surface area contributed by atoms with Crippen LogP contribution in [0.25, 0.3) is 0 Å². The first-order valence-electron chi connectivity index (χ1n) is 8.98. The van der Waals surface area contributed by atoms with E-state index in [-0.39, 0.29) is 6.54 Å². The Morgan fingerprint density at radius 2 is 1.88 bits per heavy atom. The molecule has 0 aliphatic rings. The molecule has 0 saturated heterocycles. The molecule has 0 saturated carbocycles. The first-order valence-corrected chi connectivity index (χ1v) is 8.98. The molecule has 0 aromatic heterocycles. The molecular formula is C19H33N3O3. The first kappa shape index (κ1) is 21.3. The monoisotopic (exact) mass is 351 g/mol. The van der Waals surface area contributed by atoms with Crippen molar-refractivity contribution in [1.29, 1.82) is 0 Å². The highest BCUT2D eigenvalue weighted by molar-refractivity contribution is 5.79. The van der Waals surface area contributed by atoms with Crippen LogP contribution in [0.4, 0.5) is 0 Å². The molecule has 1 rings (SSSR count). The SMILES string of the molecule is CCNC(=NCC(O)c1ccc(OC)cc1)NCCOCCC(C)C. The lowest BCUT2D eigenvalue weighted by atomic mass is 10.1. The van der Waals surface area contributed by atoms with Crippen LogP contribution in [-0.2, 0) is 4.74 Å². The topological polar surface area (TPSA) is 75.1 Å². The van der Waals surface area contributed by atoms with Crippen molar-refractivity contribution in [1.82, 2.24) is 10.6 Å². The number of guanidine groups is 1. The smallest absolute Gasteiger partial charge is 0.191 e. The molecule has 25 heavy (non-hydrogen) atoms. The van der Waals surface area contributed by atoms with Gasteiger partial charge in [0, 0.05) is 19.7 Å². The highest BCUT2D eigenvalue weighted by Crippen LogP contribution is 2.17. The normalized spacial score (nSPS) is 13.0. The van der Waals surface area contributed by atoms with E-state index in [1.54, 1.807) is 7.11 Å². The van der Waals surface area contributed by atoms with Crippen molar-refractivity contribution in [3.05, 3.63) is 29.8 Å². The van der Waals surface area contributed by atoms with E-state index < -0.39 is 6.10 Å². The van der Waals surface area contributed by atoms with Crippen molar-refractivity contribution in [3.8, 4) is 5.75 Å². The third-order valence-corrected chi connectivity index (χ3v) is 3.65. The van der Waals surface area contributed by atoms with Gasteiger partial charge >= 0.3 is 0 Å². The number of nitrogens with one attached hydrogen (secondary N) is 2. The zero-order valence-electron chi connectivity index (χ0n) is 15.9. The number of aliphatic imine (C=N–C) groups is 1. The van der Waals surface area contributed by atoms with E-state index in [0.29, 0.717) is 25.0 Å². The second kappa shape index (κ2) is 12.6. The van der Waals surface area contributed by atoms with Gasteiger partial charge in [-0.2, -0.15) is 0 Å². The molecule has 1 atom stereocenters. The number of aliphatic hydroxyl groups is 1. The number of hydrogen-bond donors (Lipinski definition) is 3. The number of rotatable bonds is 11. The van der Waals surface area contributed by atoms with E-state index in [9.17, 15) is 5.11 Å². The van der Waals surface area contributed by atoms with E-state index in [2.05, 4.69) is 29.5 Å². The summed E-state index contributed by atoms with van der Waals surface area (Å²) in [6, 6.07) is 7.37. The van der Waals surface area contributed by atoms with Crippen molar-refractivity contribution in [3.63, 3.8) is 0 Å². The van der Waals surface area contributed by atoms with Crippen molar-refractivity contribution in [2.24, 2.45) is 10.9 Å². The fraction of sp³-hybridized carbons (Fsp3) is 0.632. The fourth-order valence-corrected chi connectivity index (χ4v) is 2.11. The van der Waals surface area contributed by atoms with Crippen LogP contribution < -0.4 is 15.4 Å². The van der Waals surface area contributed by atoms with Gasteiger partial charge in [0.25, 0.3) is 0 Å². The predicted molar refractivity (Wildman–Crippen MR) is 102 cm³/mol. The van der Waals surface area contributed by atoms with Crippen LogP contribution in [0.5, 0.6) is 5.75 Å². The molecule has 1 unspecified atom stereocenters. The number of methoxy groups -OCH3 is 1. The summed E-state index contributed by atoms with van der Waals surface area (Å²) < 4.78 is 10.7. The highest BCUT2D eigenvalue weighted by atomic mass is 16.5. The van der Waals surface area contributed by atoms with Crippen molar-refractivity contribution >= 4 is 5.96 Å². The standard InChI is InChI=1S/C19H33N3O3/c1-5-20-19(21-11-13-25-12-10-15(2)3)22-14-18(23)16-6-8-17(24-4)9-7-16/h6-9,15,18,23H,5,10-14H2,1-4H3,(H2,20,21,22). The Morgan fingerprint density at radius 1 is 1.16 bits per heavy atom. The molecule has 0 aliphatic carbocycles. The minimum absolute atomic E-state index is 0.288. The number of hydrogen-bond acceptors (Lipinski definition) is 4.